The number of pyridine rings is 1. The van der Waals surface area contributed by atoms with Crippen LogP contribution >= 0.6 is 0 Å². The van der Waals surface area contributed by atoms with E-state index in [9.17, 15) is 27.6 Å². The molecule has 0 spiro atoms. The molecule has 1 aliphatic rings. The van der Waals surface area contributed by atoms with E-state index in [1.54, 1.807) is 6.92 Å². The maximum Gasteiger partial charge on any atom is 0.403 e. The maximum absolute atomic E-state index is 13.4. The van der Waals surface area contributed by atoms with Crippen LogP contribution in [0.25, 0.3) is 0 Å². The first-order valence-corrected chi connectivity index (χ1v) is 7.94. The summed E-state index contributed by atoms with van der Waals surface area (Å²) in [6, 6.07) is 2.58. The van der Waals surface area contributed by atoms with E-state index in [1.165, 1.54) is 18.3 Å². The molecular weight excluding hydrogens is 341 g/mol. The summed E-state index contributed by atoms with van der Waals surface area (Å²) < 4.78 is 45.9. The second kappa shape index (κ2) is 7.28. The quantitative estimate of drug-likeness (QED) is 0.819. The summed E-state index contributed by atoms with van der Waals surface area (Å²) in [4.78, 5) is 36.0. The van der Waals surface area contributed by atoms with Crippen molar-refractivity contribution in [1.82, 2.24) is 4.57 Å². The molecule has 1 saturated carbocycles. The number of alkyl halides is 3. The van der Waals surface area contributed by atoms with Gasteiger partial charge in [0.05, 0.1) is 6.61 Å². The smallest absolute Gasteiger partial charge is 0.403 e. The highest BCUT2D eigenvalue weighted by atomic mass is 19.4. The lowest BCUT2D eigenvalue weighted by atomic mass is 9.84. The molecule has 1 N–H and O–H groups in total. The number of carbonyl (C=O) groups is 2. The molecule has 0 aromatic carbocycles. The van der Waals surface area contributed by atoms with Crippen molar-refractivity contribution >= 4 is 17.6 Å². The molecule has 1 aromatic rings. The number of nitrogens with one attached hydrogen (secondary N) is 1. The molecule has 0 saturated heterocycles. The van der Waals surface area contributed by atoms with Gasteiger partial charge in [-0.05, 0) is 31.9 Å². The number of hydrogen-bond donors (Lipinski definition) is 1. The minimum absolute atomic E-state index is 0.137. The Balaban J connectivity index is 2.24. The number of aromatic nitrogens is 1. The fraction of sp³-hybridized carbons (Fsp3) is 0.562. The number of anilines is 1. The van der Waals surface area contributed by atoms with Crippen LogP contribution in [0, 0.1) is 5.41 Å². The van der Waals surface area contributed by atoms with Gasteiger partial charge in [-0.15, -0.1) is 0 Å². The molecule has 2 rings (SSSR count). The van der Waals surface area contributed by atoms with Crippen LogP contribution in [0.5, 0.6) is 0 Å². The van der Waals surface area contributed by atoms with Gasteiger partial charge in [0.1, 0.15) is 17.6 Å². The molecule has 1 aliphatic carbocycles. The van der Waals surface area contributed by atoms with Crippen molar-refractivity contribution < 1.29 is 27.5 Å². The van der Waals surface area contributed by atoms with Crippen LogP contribution in [-0.2, 0) is 20.9 Å². The number of esters is 1. The maximum atomic E-state index is 13.4. The van der Waals surface area contributed by atoms with Gasteiger partial charge in [0.25, 0.3) is 5.56 Å². The van der Waals surface area contributed by atoms with Crippen molar-refractivity contribution in [3.63, 3.8) is 0 Å². The number of halogens is 3. The standard InChI is InChI=1S/C16H19F3N2O4/c1-2-25-12(22)10-21-9-5-6-11(13(21)23)20-14(24)15(16(17,18)19)7-3-4-8-15/h5-6,9H,2-4,7-8,10H2,1H3,(H,20,24). The van der Waals surface area contributed by atoms with Crippen molar-refractivity contribution in [1.29, 1.82) is 0 Å². The summed E-state index contributed by atoms with van der Waals surface area (Å²) in [5, 5.41) is 2.10. The van der Waals surface area contributed by atoms with E-state index in [-0.39, 0.29) is 31.7 Å². The predicted octanol–water partition coefficient (Wildman–Crippen LogP) is 2.47. The van der Waals surface area contributed by atoms with Gasteiger partial charge >= 0.3 is 12.1 Å². The SMILES string of the molecule is CCOC(=O)Cn1cccc(NC(=O)C2(C(F)(F)F)CCCC2)c1=O. The number of nitrogens with zero attached hydrogens (tertiary/aromatic N) is 1. The Morgan fingerprint density at radius 1 is 1.32 bits per heavy atom. The van der Waals surface area contributed by atoms with Gasteiger partial charge in [-0.1, -0.05) is 12.8 Å². The molecule has 0 unspecified atom stereocenters. The first kappa shape index (κ1) is 19.0. The Hall–Kier alpha value is -2.32. The molecule has 1 aromatic heterocycles. The first-order chi connectivity index (χ1) is 11.7. The minimum Gasteiger partial charge on any atom is -0.465 e. The van der Waals surface area contributed by atoms with E-state index in [1.807, 2.05) is 0 Å². The summed E-state index contributed by atoms with van der Waals surface area (Å²) in [7, 11) is 0. The average Bonchev–Trinajstić information content (AvgIpc) is 3.02. The summed E-state index contributed by atoms with van der Waals surface area (Å²) in [6.45, 7) is 1.36. The third kappa shape index (κ3) is 3.85. The lowest BCUT2D eigenvalue weighted by Crippen LogP contribution is -2.46. The second-order valence-corrected chi connectivity index (χ2v) is 5.90. The lowest BCUT2D eigenvalue weighted by Gasteiger charge is -2.29. The first-order valence-electron chi connectivity index (χ1n) is 7.94. The Bertz CT molecular complexity index is 706. The van der Waals surface area contributed by atoms with Gasteiger partial charge in [-0.2, -0.15) is 13.2 Å². The molecule has 1 amide bonds. The third-order valence-electron chi connectivity index (χ3n) is 4.31. The largest absolute Gasteiger partial charge is 0.465 e. The van der Waals surface area contributed by atoms with E-state index < -0.39 is 29.0 Å². The fourth-order valence-electron chi connectivity index (χ4n) is 2.96. The van der Waals surface area contributed by atoms with Gasteiger partial charge in [0.2, 0.25) is 5.91 Å². The summed E-state index contributed by atoms with van der Waals surface area (Å²) >= 11 is 0. The lowest BCUT2D eigenvalue weighted by molar-refractivity contribution is -0.217. The van der Waals surface area contributed by atoms with Gasteiger partial charge in [0.15, 0.2) is 0 Å². The van der Waals surface area contributed by atoms with Gasteiger partial charge in [0, 0.05) is 6.20 Å². The van der Waals surface area contributed by atoms with Crippen LogP contribution in [0.2, 0.25) is 0 Å². The molecule has 0 atom stereocenters. The van der Waals surface area contributed by atoms with E-state index >= 15 is 0 Å². The van der Waals surface area contributed by atoms with Gasteiger partial charge < -0.3 is 14.6 Å². The Labute approximate surface area is 142 Å². The van der Waals surface area contributed by atoms with Crippen LogP contribution < -0.4 is 10.9 Å². The number of hydrogen-bond acceptors (Lipinski definition) is 4. The second-order valence-electron chi connectivity index (χ2n) is 5.90. The Morgan fingerprint density at radius 2 is 1.96 bits per heavy atom. The van der Waals surface area contributed by atoms with Gasteiger partial charge in [-0.25, -0.2) is 0 Å². The van der Waals surface area contributed by atoms with Gasteiger partial charge in [-0.3, -0.25) is 14.4 Å². The molecule has 9 heteroatoms. The molecule has 25 heavy (non-hydrogen) atoms. The van der Waals surface area contributed by atoms with Crippen LogP contribution in [0.1, 0.15) is 32.6 Å². The van der Waals surface area contributed by atoms with Crippen molar-refractivity contribution in [3.05, 3.63) is 28.7 Å². The Kier molecular flexibility index (Phi) is 5.54. The van der Waals surface area contributed by atoms with E-state index in [4.69, 9.17) is 4.74 Å². The van der Waals surface area contributed by atoms with Crippen molar-refractivity contribution in [2.45, 2.75) is 45.3 Å². The van der Waals surface area contributed by atoms with Crippen molar-refractivity contribution in [2.75, 3.05) is 11.9 Å². The highest BCUT2D eigenvalue weighted by molar-refractivity contribution is 5.96. The highest BCUT2D eigenvalue weighted by Gasteiger charge is 2.61. The zero-order valence-electron chi connectivity index (χ0n) is 13.7. The zero-order chi connectivity index (χ0) is 18.7. The number of carbonyl (C=O) groups excluding carboxylic acids is 2. The number of rotatable bonds is 5. The minimum atomic E-state index is -4.69. The van der Waals surface area contributed by atoms with Crippen LogP contribution in [-0.4, -0.2) is 29.2 Å². The zero-order valence-corrected chi connectivity index (χ0v) is 13.7. The molecular formula is C16H19F3N2O4. The van der Waals surface area contributed by atoms with E-state index in [0.717, 1.165) is 4.57 Å². The van der Waals surface area contributed by atoms with Crippen LogP contribution in [0.15, 0.2) is 23.1 Å². The van der Waals surface area contributed by atoms with Crippen molar-refractivity contribution in [2.24, 2.45) is 5.41 Å². The molecule has 1 fully saturated rings. The molecule has 0 aliphatic heterocycles. The summed E-state index contributed by atoms with van der Waals surface area (Å²) in [5.41, 5.74) is -3.53. The van der Waals surface area contributed by atoms with Crippen molar-refractivity contribution in [3.8, 4) is 0 Å². The number of amides is 1. The fourth-order valence-corrected chi connectivity index (χ4v) is 2.96. The monoisotopic (exact) mass is 360 g/mol. The topological polar surface area (TPSA) is 77.4 Å². The highest BCUT2D eigenvalue weighted by Crippen LogP contribution is 2.50. The summed E-state index contributed by atoms with van der Waals surface area (Å²) in [5.74, 6) is -1.89. The predicted molar refractivity (Wildman–Crippen MR) is 82.9 cm³/mol. The van der Waals surface area contributed by atoms with E-state index in [2.05, 4.69) is 5.32 Å². The van der Waals surface area contributed by atoms with E-state index in [0.29, 0.717) is 12.8 Å². The Morgan fingerprint density at radius 3 is 2.52 bits per heavy atom. The molecule has 138 valence electrons. The van der Waals surface area contributed by atoms with Crippen LogP contribution in [0.4, 0.5) is 18.9 Å². The van der Waals surface area contributed by atoms with Crippen LogP contribution in [0.3, 0.4) is 0 Å². The average molecular weight is 360 g/mol. The third-order valence-corrected chi connectivity index (χ3v) is 4.31. The molecule has 6 nitrogen and oxygen atoms in total. The summed E-state index contributed by atoms with van der Waals surface area (Å²) in [6.07, 6.45) is -3.39. The molecule has 1 heterocycles. The normalized spacial score (nSPS) is 16.5. The molecule has 0 bridgehead atoms. The number of ether oxygens (including phenoxy) is 1. The molecule has 0 radical (unpaired) electrons.